The van der Waals surface area contributed by atoms with Gasteiger partial charge in [0.05, 0.1) is 19.2 Å². The number of cyclic esters (lactones) is 2. The lowest BCUT2D eigenvalue weighted by molar-refractivity contribution is -0.253. The van der Waals surface area contributed by atoms with Crippen molar-refractivity contribution in [3.8, 4) is 5.75 Å². The summed E-state index contributed by atoms with van der Waals surface area (Å²) in [5, 5.41) is 0. The van der Waals surface area contributed by atoms with E-state index in [1.807, 2.05) is 114 Å². The zero-order valence-corrected chi connectivity index (χ0v) is 31.7. The summed E-state index contributed by atoms with van der Waals surface area (Å²) in [4.78, 5) is 65.7. The molecule has 5 aromatic carbocycles. The van der Waals surface area contributed by atoms with Gasteiger partial charge in [0.25, 0.3) is 5.79 Å². The average Bonchev–Trinajstić information content (AvgIpc) is 3.75. The number of hydrogen-bond acceptors (Lipinski definition) is 9. The van der Waals surface area contributed by atoms with Crippen molar-refractivity contribution in [3.05, 3.63) is 167 Å². The van der Waals surface area contributed by atoms with Gasteiger partial charge in [-0.05, 0) is 41.0 Å². The average molecular weight is 757 g/mol. The van der Waals surface area contributed by atoms with E-state index in [2.05, 4.69) is 17.1 Å². The highest BCUT2D eigenvalue weighted by atomic mass is 16.7. The number of methoxy groups -OCH3 is 1. The predicted molar refractivity (Wildman–Crippen MR) is 214 cm³/mol. The molecule has 284 valence electrons. The minimum absolute atomic E-state index is 0.0768. The van der Waals surface area contributed by atoms with Crippen molar-refractivity contribution in [2.45, 2.75) is 55.6 Å². The first-order valence-electron chi connectivity index (χ1n) is 19.4. The monoisotopic (exact) mass is 756 g/mol. The molecule has 9 nitrogen and oxygen atoms in total. The Balaban J connectivity index is 1.30. The largest absolute Gasteiger partial charge is 0.497 e. The van der Waals surface area contributed by atoms with Crippen LogP contribution in [0.25, 0.3) is 6.08 Å². The molecule has 7 atom stereocenters. The highest BCUT2D eigenvalue weighted by molar-refractivity contribution is 6.12. The van der Waals surface area contributed by atoms with Gasteiger partial charge < -0.3 is 24.0 Å². The van der Waals surface area contributed by atoms with Gasteiger partial charge in [0, 0.05) is 54.1 Å². The smallest absolute Gasteiger partial charge is 0.329 e. The van der Waals surface area contributed by atoms with Gasteiger partial charge in [-0.15, -0.1) is 0 Å². The molecule has 9 heteroatoms. The number of carbonyl (C=O) groups excluding carboxylic acids is 4. The molecule has 3 saturated heterocycles. The van der Waals surface area contributed by atoms with Crippen molar-refractivity contribution in [1.29, 1.82) is 0 Å². The number of Topliss-reactive ketones (excluding diaryl/α,β-unsaturated/α-hetero) is 2. The zero-order valence-electron chi connectivity index (χ0n) is 31.7. The number of rotatable bonds is 6. The fourth-order valence-electron chi connectivity index (χ4n) is 10.7. The number of ether oxygens (including phenoxy) is 3. The predicted octanol–water partition coefficient (Wildman–Crippen LogP) is 7.62. The molecule has 0 aromatic heterocycles. The fourth-order valence-corrected chi connectivity index (χ4v) is 10.7. The highest BCUT2D eigenvalue weighted by Crippen LogP contribution is 2.67. The quantitative estimate of drug-likeness (QED) is 0.0984. The molecule has 10 rings (SSSR count). The molecule has 5 aromatic rings. The maximum absolute atomic E-state index is 15.4. The molecular formula is C48H40N2O7. The van der Waals surface area contributed by atoms with Crippen LogP contribution in [0.15, 0.2) is 140 Å². The van der Waals surface area contributed by atoms with Crippen LogP contribution in [0.2, 0.25) is 0 Å². The van der Waals surface area contributed by atoms with Crippen LogP contribution in [-0.2, 0) is 19.1 Å². The molecule has 0 bridgehead atoms. The van der Waals surface area contributed by atoms with Gasteiger partial charge in [0.2, 0.25) is 0 Å². The van der Waals surface area contributed by atoms with Crippen LogP contribution in [0.3, 0.4) is 0 Å². The topological polar surface area (TPSA) is 102 Å². The van der Waals surface area contributed by atoms with E-state index in [0.29, 0.717) is 28.1 Å². The van der Waals surface area contributed by atoms with Crippen LogP contribution in [-0.4, -0.2) is 60.6 Å². The Morgan fingerprint density at radius 2 is 1.21 bits per heavy atom. The lowest BCUT2D eigenvalue weighted by Crippen LogP contribution is -2.64. The van der Waals surface area contributed by atoms with Gasteiger partial charge in [0.1, 0.15) is 17.8 Å². The van der Waals surface area contributed by atoms with Crippen LogP contribution in [0, 0.1) is 11.3 Å². The highest BCUT2D eigenvalue weighted by Gasteiger charge is 2.79. The van der Waals surface area contributed by atoms with Crippen LogP contribution >= 0.6 is 0 Å². The Kier molecular flexibility index (Phi) is 7.84. The zero-order chi connectivity index (χ0) is 39.2. The second-order valence-corrected chi connectivity index (χ2v) is 16.0. The van der Waals surface area contributed by atoms with E-state index in [1.54, 1.807) is 45.2 Å². The lowest BCUT2D eigenvalue weighted by atomic mass is 9.60. The normalized spacial score (nSPS) is 27.0. The molecule has 1 spiro atoms. The summed E-state index contributed by atoms with van der Waals surface area (Å²) >= 11 is 0. The molecule has 0 saturated carbocycles. The summed E-state index contributed by atoms with van der Waals surface area (Å²) in [6.45, 7) is 3.09. The maximum Gasteiger partial charge on any atom is 0.329 e. The van der Waals surface area contributed by atoms with Crippen LogP contribution in [0.1, 0.15) is 63.1 Å². The lowest BCUT2D eigenvalue weighted by Gasteiger charge is -2.50. The molecule has 3 fully saturated rings. The maximum atomic E-state index is 15.4. The second-order valence-electron chi connectivity index (χ2n) is 16.0. The third kappa shape index (κ3) is 4.94. The molecule has 0 amide bonds. The summed E-state index contributed by atoms with van der Waals surface area (Å²) in [6.07, 6.45) is 4.15. The Hall–Kier alpha value is -6.48. The number of fused-ring (bicyclic) bond motifs is 11. The van der Waals surface area contributed by atoms with Gasteiger partial charge in [-0.3, -0.25) is 19.2 Å². The number of anilines is 2. The third-order valence-corrected chi connectivity index (χ3v) is 12.8. The SMILES string of the molecule is COc1ccc([C@@H]2[C@@H](C(=O)c3ccccc3)N3c4ccccc4[C@@H]4[C@@H]([C@@H]5C=Cc6ccccc6N5[C@@H]4C(=O)c4ccccc4)[C@@H]3C23C(=O)OC(C)(C)OC3=O)cc1. The summed E-state index contributed by atoms with van der Waals surface area (Å²) in [7, 11) is 1.57. The van der Waals surface area contributed by atoms with Gasteiger partial charge in [-0.1, -0.05) is 121 Å². The van der Waals surface area contributed by atoms with Crippen molar-refractivity contribution in [2.75, 3.05) is 16.9 Å². The van der Waals surface area contributed by atoms with Crippen molar-refractivity contribution in [3.63, 3.8) is 0 Å². The minimum atomic E-state index is -2.04. The molecule has 0 radical (unpaired) electrons. The van der Waals surface area contributed by atoms with E-state index in [-0.39, 0.29) is 11.6 Å². The molecule has 5 aliphatic rings. The molecule has 57 heavy (non-hydrogen) atoms. The Bertz CT molecular complexity index is 2460. The van der Waals surface area contributed by atoms with Gasteiger partial charge >= 0.3 is 11.9 Å². The number of para-hydroxylation sites is 2. The number of ketones is 2. The van der Waals surface area contributed by atoms with Gasteiger partial charge in [-0.2, -0.15) is 0 Å². The minimum Gasteiger partial charge on any atom is -0.497 e. The van der Waals surface area contributed by atoms with Crippen LogP contribution in [0.4, 0.5) is 11.4 Å². The molecular weight excluding hydrogens is 717 g/mol. The molecule has 5 aliphatic heterocycles. The van der Waals surface area contributed by atoms with E-state index in [1.165, 1.54) is 0 Å². The first-order chi connectivity index (χ1) is 27.7. The number of hydrogen-bond donors (Lipinski definition) is 0. The van der Waals surface area contributed by atoms with E-state index < -0.39 is 65.1 Å². The second kappa shape index (κ2) is 12.8. The van der Waals surface area contributed by atoms with E-state index in [4.69, 9.17) is 14.2 Å². The van der Waals surface area contributed by atoms with E-state index in [0.717, 1.165) is 16.8 Å². The molecule has 0 aliphatic carbocycles. The van der Waals surface area contributed by atoms with Crippen molar-refractivity contribution in [2.24, 2.45) is 11.3 Å². The van der Waals surface area contributed by atoms with E-state index in [9.17, 15) is 0 Å². The number of esters is 2. The Labute approximate surface area is 330 Å². The fraction of sp³-hybridized carbons (Fsp3) is 0.250. The molecule has 0 unspecified atom stereocenters. The summed E-state index contributed by atoms with van der Waals surface area (Å²) in [5.41, 5.74) is 2.91. The standard InChI is InChI=1S/C48H40N2O7/c1-47(2)56-45(53)48(46(54)57-47)39(29-22-25-32(55-3)26-23-29)41(43(52)31-17-8-5-9-18-31)50-35-21-13-11-19-33(35)37-38(44(48)50)36-27-24-28-14-10-12-20-34(28)49(36)40(37)42(51)30-15-6-4-7-16-30/h4-27,36-41,44H,1-3H3/t36-,37+,38+,39+,40-,41-,44+/m0/s1. The van der Waals surface area contributed by atoms with Crippen molar-refractivity contribution in [1.82, 2.24) is 0 Å². The summed E-state index contributed by atoms with van der Waals surface area (Å²) < 4.78 is 17.9. The summed E-state index contributed by atoms with van der Waals surface area (Å²) in [6, 6.07) is 38.0. The number of carbonyl (C=O) groups is 4. The van der Waals surface area contributed by atoms with Crippen LogP contribution < -0.4 is 14.5 Å². The van der Waals surface area contributed by atoms with Crippen molar-refractivity contribution < 1.29 is 33.4 Å². The Morgan fingerprint density at radius 3 is 1.84 bits per heavy atom. The van der Waals surface area contributed by atoms with Gasteiger partial charge in [-0.25, -0.2) is 0 Å². The van der Waals surface area contributed by atoms with E-state index >= 15 is 19.2 Å². The first kappa shape index (κ1) is 35.0. The third-order valence-electron chi connectivity index (χ3n) is 12.8. The summed E-state index contributed by atoms with van der Waals surface area (Å²) in [5.74, 6) is -5.00. The first-order valence-corrected chi connectivity index (χ1v) is 19.4. The van der Waals surface area contributed by atoms with Crippen LogP contribution in [0.5, 0.6) is 5.75 Å². The Morgan fingerprint density at radius 1 is 0.649 bits per heavy atom. The number of nitrogens with zero attached hydrogens (tertiary/aromatic N) is 2. The molecule has 0 N–H and O–H groups in total. The molecule has 5 heterocycles. The van der Waals surface area contributed by atoms with Gasteiger partial charge in [0.15, 0.2) is 17.0 Å². The number of benzene rings is 5. The van der Waals surface area contributed by atoms with Crippen molar-refractivity contribution >= 4 is 41.0 Å².